The minimum atomic E-state index is -1.59. The molecule has 5 aliphatic heterocycles. The summed E-state index contributed by atoms with van der Waals surface area (Å²) in [6, 6.07) is 8.17. The lowest BCUT2D eigenvalue weighted by atomic mass is 9.73. The van der Waals surface area contributed by atoms with Crippen molar-refractivity contribution in [3.05, 3.63) is 47.4 Å². The first-order valence-electron chi connectivity index (χ1n) is 13.3. The Balaban J connectivity index is 1.25. The Labute approximate surface area is 223 Å². The number of fused-ring (bicyclic) bond motifs is 6. The first-order chi connectivity index (χ1) is 18.9. The Kier molecular flexibility index (Phi) is 6.03. The fraction of sp³-hybridized carbons (Fsp3) is 0.593. The van der Waals surface area contributed by atoms with Gasteiger partial charge in [0.05, 0.1) is 43.3 Å². The molecule has 10 atom stereocenters. The number of nitrogens with zero attached hydrogens (tertiary/aromatic N) is 1. The van der Waals surface area contributed by atoms with Crippen LogP contribution in [0.5, 0.6) is 0 Å². The third kappa shape index (κ3) is 3.64. The van der Waals surface area contributed by atoms with Crippen LogP contribution in [0.25, 0.3) is 10.9 Å². The zero-order chi connectivity index (χ0) is 27.1. The van der Waals surface area contributed by atoms with Crippen LogP contribution in [0.2, 0.25) is 0 Å². The summed E-state index contributed by atoms with van der Waals surface area (Å²) in [7, 11) is 1.32. The zero-order valence-electron chi connectivity index (χ0n) is 21.3. The molecule has 12 heteroatoms. The molecule has 0 aliphatic carbocycles. The summed E-state index contributed by atoms with van der Waals surface area (Å²) in [6.07, 6.45) is -5.98. The van der Waals surface area contributed by atoms with Crippen LogP contribution < -0.4 is 0 Å². The molecular weight excluding hydrogens is 512 g/mol. The van der Waals surface area contributed by atoms with Crippen molar-refractivity contribution in [2.24, 2.45) is 11.8 Å². The van der Waals surface area contributed by atoms with Crippen LogP contribution in [0.1, 0.15) is 17.7 Å². The molecule has 7 rings (SSSR count). The van der Waals surface area contributed by atoms with Gasteiger partial charge in [0.2, 0.25) is 6.29 Å². The maximum atomic E-state index is 12.9. The van der Waals surface area contributed by atoms with Gasteiger partial charge in [-0.2, -0.15) is 0 Å². The zero-order valence-corrected chi connectivity index (χ0v) is 21.3. The summed E-state index contributed by atoms with van der Waals surface area (Å²) in [5, 5.41) is 41.7. The van der Waals surface area contributed by atoms with E-state index in [-0.39, 0.29) is 5.92 Å². The van der Waals surface area contributed by atoms with E-state index < -0.39 is 67.3 Å². The summed E-state index contributed by atoms with van der Waals surface area (Å²) in [5.74, 6) is -1.35. The number of ether oxygens (including phenoxy) is 5. The number of aromatic nitrogens is 1. The van der Waals surface area contributed by atoms with Crippen molar-refractivity contribution in [2.75, 3.05) is 26.8 Å². The van der Waals surface area contributed by atoms with Crippen molar-refractivity contribution in [3.8, 4) is 0 Å². The fourth-order valence-corrected chi connectivity index (χ4v) is 7.18. The van der Waals surface area contributed by atoms with Crippen LogP contribution in [-0.4, -0.2) is 106 Å². The van der Waals surface area contributed by atoms with Crippen molar-refractivity contribution < 1.29 is 48.9 Å². The number of carbonyl (C=O) groups excluding carboxylic acids is 1. The number of H-pyrrole nitrogens is 1. The van der Waals surface area contributed by atoms with Gasteiger partial charge in [-0.05, 0) is 18.1 Å². The van der Waals surface area contributed by atoms with E-state index in [1.807, 2.05) is 18.2 Å². The molecule has 12 nitrogen and oxygen atoms in total. The monoisotopic (exact) mass is 544 g/mol. The number of methoxy groups -OCH3 is 1. The highest BCUT2D eigenvalue weighted by atomic mass is 16.8. The molecule has 5 aliphatic rings. The van der Waals surface area contributed by atoms with Crippen LogP contribution in [-0.2, 0) is 40.6 Å². The van der Waals surface area contributed by atoms with E-state index in [1.54, 1.807) is 0 Å². The van der Waals surface area contributed by atoms with Crippen LogP contribution in [0.4, 0.5) is 0 Å². The highest BCUT2D eigenvalue weighted by Gasteiger charge is 2.64. The van der Waals surface area contributed by atoms with Crippen molar-refractivity contribution in [1.82, 2.24) is 9.88 Å². The number of hydrogen-bond acceptors (Lipinski definition) is 11. The molecule has 2 bridgehead atoms. The molecule has 5 N–H and O–H groups in total. The number of para-hydroxylation sites is 1. The minimum absolute atomic E-state index is 0.369. The molecule has 0 radical (unpaired) electrons. The molecule has 2 aromatic rings. The molecule has 3 saturated heterocycles. The van der Waals surface area contributed by atoms with Gasteiger partial charge < -0.3 is 49.1 Å². The number of aromatic amines is 1. The summed E-state index contributed by atoms with van der Waals surface area (Å²) in [4.78, 5) is 18.8. The molecule has 3 unspecified atom stereocenters. The fourth-order valence-electron chi connectivity index (χ4n) is 7.18. The highest BCUT2D eigenvalue weighted by Crippen LogP contribution is 2.57. The van der Waals surface area contributed by atoms with E-state index in [4.69, 9.17) is 23.7 Å². The van der Waals surface area contributed by atoms with Crippen LogP contribution in [0, 0.1) is 11.8 Å². The van der Waals surface area contributed by atoms with Gasteiger partial charge in [0, 0.05) is 36.3 Å². The second-order valence-electron chi connectivity index (χ2n) is 11.0. The lowest BCUT2D eigenvalue weighted by Gasteiger charge is -2.50. The van der Waals surface area contributed by atoms with Crippen molar-refractivity contribution in [1.29, 1.82) is 0 Å². The normalized spacial score (nSPS) is 41.3. The smallest absolute Gasteiger partial charge is 0.337 e. The van der Waals surface area contributed by atoms with E-state index in [1.165, 1.54) is 18.9 Å². The van der Waals surface area contributed by atoms with Crippen LogP contribution in [0.15, 0.2) is 36.1 Å². The molecule has 1 aromatic carbocycles. The lowest BCUT2D eigenvalue weighted by molar-refractivity contribution is -0.350. The van der Waals surface area contributed by atoms with E-state index in [0.29, 0.717) is 18.5 Å². The average Bonchev–Trinajstić information content (AvgIpc) is 3.48. The molecule has 39 heavy (non-hydrogen) atoms. The van der Waals surface area contributed by atoms with Gasteiger partial charge in [-0.1, -0.05) is 18.2 Å². The molecule has 1 aromatic heterocycles. The molecule has 0 amide bonds. The third-order valence-corrected chi connectivity index (χ3v) is 9.06. The van der Waals surface area contributed by atoms with Gasteiger partial charge in [0.25, 0.3) is 0 Å². The number of aliphatic hydroxyl groups is 4. The van der Waals surface area contributed by atoms with Gasteiger partial charge >= 0.3 is 5.97 Å². The number of nitrogens with one attached hydrogen (secondary N) is 1. The van der Waals surface area contributed by atoms with Crippen molar-refractivity contribution in [2.45, 2.75) is 61.7 Å². The van der Waals surface area contributed by atoms with E-state index in [2.05, 4.69) is 16.0 Å². The Hall–Kier alpha value is -2.55. The average molecular weight is 545 g/mol. The number of carbonyl (C=O) groups is 1. The Morgan fingerprint density at radius 2 is 2.00 bits per heavy atom. The number of hydrogen-bond donors (Lipinski definition) is 5. The van der Waals surface area contributed by atoms with Crippen molar-refractivity contribution >= 4 is 16.9 Å². The predicted octanol–water partition coefficient (Wildman–Crippen LogP) is -0.557. The summed E-state index contributed by atoms with van der Waals surface area (Å²) in [5.41, 5.74) is 2.85. The van der Waals surface area contributed by atoms with Gasteiger partial charge in [-0.15, -0.1) is 0 Å². The molecule has 0 saturated carbocycles. The third-order valence-electron chi connectivity index (χ3n) is 9.06. The maximum absolute atomic E-state index is 12.9. The van der Waals surface area contributed by atoms with E-state index in [0.717, 1.165) is 29.6 Å². The van der Waals surface area contributed by atoms with Gasteiger partial charge in [-0.3, -0.25) is 4.90 Å². The maximum Gasteiger partial charge on any atom is 0.337 e. The van der Waals surface area contributed by atoms with Gasteiger partial charge in [0.1, 0.15) is 24.4 Å². The highest BCUT2D eigenvalue weighted by molar-refractivity contribution is 5.89. The second kappa shape index (κ2) is 9.25. The lowest BCUT2D eigenvalue weighted by Crippen LogP contribution is -2.61. The Morgan fingerprint density at radius 3 is 2.79 bits per heavy atom. The first kappa shape index (κ1) is 25.4. The van der Waals surface area contributed by atoms with E-state index >= 15 is 0 Å². The summed E-state index contributed by atoms with van der Waals surface area (Å²) in [6.45, 7) is 0.772. The Bertz CT molecular complexity index is 1310. The molecule has 3 fully saturated rings. The molecule has 1 spiro atoms. The molecule has 210 valence electrons. The van der Waals surface area contributed by atoms with Gasteiger partial charge in [0.15, 0.2) is 12.0 Å². The quantitative estimate of drug-likeness (QED) is 0.314. The van der Waals surface area contributed by atoms with Crippen molar-refractivity contribution in [3.63, 3.8) is 0 Å². The topological polar surface area (TPSA) is 163 Å². The minimum Gasteiger partial charge on any atom is -0.471 e. The van der Waals surface area contributed by atoms with Gasteiger partial charge in [-0.25, -0.2) is 4.79 Å². The van der Waals surface area contributed by atoms with Crippen LogP contribution >= 0.6 is 0 Å². The van der Waals surface area contributed by atoms with Crippen LogP contribution in [0.3, 0.4) is 0 Å². The number of benzene rings is 1. The first-order valence-corrected chi connectivity index (χ1v) is 13.3. The second-order valence-corrected chi connectivity index (χ2v) is 11.0. The number of rotatable bonds is 4. The molecular formula is C27H32N2O10. The number of aliphatic hydroxyl groups excluding tert-OH is 4. The predicted molar refractivity (Wildman–Crippen MR) is 132 cm³/mol. The largest absolute Gasteiger partial charge is 0.471 e. The molecule has 6 heterocycles. The summed E-state index contributed by atoms with van der Waals surface area (Å²) < 4.78 is 29.5. The number of esters is 1. The SMILES string of the molecule is COC(=O)C1=CO[C@@H](O[C@H]2O[C@@H](CO)[C@H](O)[C@@H](O)[C@@H]2O)C2C3CN4CCc5c([nH]c6ccccc56)[C@]4(CC12)O3. The Morgan fingerprint density at radius 1 is 1.18 bits per heavy atom. The summed E-state index contributed by atoms with van der Waals surface area (Å²) >= 11 is 0. The van der Waals surface area contributed by atoms with E-state index in [9.17, 15) is 25.2 Å². The standard InChI is InChI=1S/C27H32N2O10/c1-35-24(34)15-11-36-25(38-26-22(33)21(32)20(31)18(10-30)37-26)19-14(15)8-27-23-13(6-7-29(27)9-17(19)39-27)12-4-2-3-5-16(12)28-23/h2-5,11,14,17-22,25-26,28,30-33H,6-10H2,1H3/t14?,17?,18-,19?,20-,21+,22-,25-,26+,27-/m0/s1.